The summed E-state index contributed by atoms with van der Waals surface area (Å²) in [5.41, 5.74) is 10.2. The molecule has 1 atom stereocenters. The molecule has 2 rings (SSSR count). The van der Waals surface area contributed by atoms with Crippen molar-refractivity contribution in [3.05, 3.63) is 29.1 Å². The topological polar surface area (TPSA) is 83.8 Å². The molecule has 0 spiro atoms. The minimum atomic E-state index is -0.453. The van der Waals surface area contributed by atoms with Gasteiger partial charge in [0, 0.05) is 0 Å². The summed E-state index contributed by atoms with van der Waals surface area (Å²) in [4.78, 5) is 19.7. The number of aryl methyl sites for hydroxylation is 2. The monoisotopic (exact) mass is 378 g/mol. The van der Waals surface area contributed by atoms with Crippen LogP contribution in [0.4, 0.5) is 0 Å². The maximum atomic E-state index is 11.9. The Kier molecular flexibility index (Phi) is 9.61. The quantitative estimate of drug-likeness (QED) is 0.721. The number of nitrogens with one attached hydrogen (secondary N) is 2. The fraction of sp³-hybridized carbons (Fsp3) is 0.467. The van der Waals surface area contributed by atoms with Gasteiger partial charge >= 0.3 is 0 Å². The summed E-state index contributed by atoms with van der Waals surface area (Å²) in [5.74, 6) is 1.51. The maximum absolute atomic E-state index is 11.9. The molecule has 1 aromatic heterocycles. The lowest BCUT2D eigenvalue weighted by molar-refractivity contribution is -0.122. The number of thioether (sulfide) groups is 1. The number of benzene rings is 1. The fourth-order valence-electron chi connectivity index (χ4n) is 2.13. The summed E-state index contributed by atoms with van der Waals surface area (Å²) < 4.78 is 0. The molecule has 1 amide bonds. The van der Waals surface area contributed by atoms with Gasteiger partial charge in [-0.25, -0.2) is 4.98 Å². The number of aromatic amines is 1. The summed E-state index contributed by atoms with van der Waals surface area (Å²) in [7, 11) is 0. The summed E-state index contributed by atoms with van der Waals surface area (Å²) >= 11 is 1.69. The molecule has 0 aliphatic heterocycles. The van der Waals surface area contributed by atoms with Crippen molar-refractivity contribution in [1.29, 1.82) is 0 Å². The Bertz CT molecular complexity index is 648. The van der Waals surface area contributed by atoms with E-state index in [0.717, 1.165) is 28.2 Å². The van der Waals surface area contributed by atoms with E-state index in [0.29, 0.717) is 13.0 Å². The number of rotatable bonds is 6. The number of carbonyl (C=O) groups excluding carboxylic acids is 1. The van der Waals surface area contributed by atoms with Gasteiger partial charge in [-0.2, -0.15) is 11.8 Å². The summed E-state index contributed by atoms with van der Waals surface area (Å²) in [6, 6.07) is 3.63. The number of nitrogens with two attached hydrogens (primary N) is 1. The first-order chi connectivity index (χ1) is 10.0. The third kappa shape index (κ3) is 5.57. The Hall–Kier alpha value is -0.950. The summed E-state index contributed by atoms with van der Waals surface area (Å²) in [6.45, 7) is 4.49. The molecule has 23 heavy (non-hydrogen) atoms. The molecule has 0 bridgehead atoms. The Morgan fingerprint density at radius 2 is 2.09 bits per heavy atom. The molecule has 0 saturated carbocycles. The molecule has 2 aromatic rings. The summed E-state index contributed by atoms with van der Waals surface area (Å²) in [6.07, 6.45) is 2.69. The number of hydrogen-bond donors (Lipinski definition) is 3. The highest BCUT2D eigenvalue weighted by atomic mass is 35.5. The van der Waals surface area contributed by atoms with Crippen molar-refractivity contribution >= 4 is 53.5 Å². The number of amides is 1. The van der Waals surface area contributed by atoms with Gasteiger partial charge in [-0.15, -0.1) is 24.8 Å². The van der Waals surface area contributed by atoms with Gasteiger partial charge in [-0.3, -0.25) is 4.79 Å². The smallest absolute Gasteiger partial charge is 0.237 e. The molecule has 130 valence electrons. The van der Waals surface area contributed by atoms with Gasteiger partial charge in [0.05, 0.1) is 23.6 Å². The highest BCUT2D eigenvalue weighted by molar-refractivity contribution is 7.98. The number of nitrogens with zero attached hydrogens (tertiary/aromatic N) is 1. The predicted octanol–water partition coefficient (Wildman–Crippen LogP) is 2.72. The van der Waals surface area contributed by atoms with Gasteiger partial charge in [0.25, 0.3) is 0 Å². The molecule has 1 aromatic carbocycles. The number of imidazole rings is 1. The molecule has 0 saturated heterocycles. The third-order valence-electron chi connectivity index (χ3n) is 3.63. The van der Waals surface area contributed by atoms with Crippen LogP contribution in [0.15, 0.2) is 12.1 Å². The normalized spacial score (nSPS) is 11.5. The van der Waals surface area contributed by atoms with Crippen LogP contribution >= 0.6 is 36.6 Å². The van der Waals surface area contributed by atoms with Gasteiger partial charge in [-0.05, 0) is 49.5 Å². The molecule has 0 aliphatic rings. The van der Waals surface area contributed by atoms with Crippen LogP contribution in [-0.4, -0.2) is 33.9 Å². The third-order valence-corrected chi connectivity index (χ3v) is 4.27. The molecule has 0 aliphatic carbocycles. The number of carbonyl (C=O) groups is 1. The number of H-pyrrole nitrogens is 1. The Morgan fingerprint density at radius 3 is 2.74 bits per heavy atom. The zero-order valence-corrected chi connectivity index (χ0v) is 16.0. The lowest BCUT2D eigenvalue weighted by Crippen LogP contribution is -2.40. The van der Waals surface area contributed by atoms with Crippen LogP contribution in [0, 0.1) is 13.8 Å². The zero-order chi connectivity index (χ0) is 15.4. The molecule has 1 heterocycles. The van der Waals surface area contributed by atoms with E-state index in [9.17, 15) is 4.79 Å². The van der Waals surface area contributed by atoms with E-state index in [1.807, 2.05) is 12.3 Å². The minimum absolute atomic E-state index is 0. The van der Waals surface area contributed by atoms with Crippen molar-refractivity contribution in [2.75, 3.05) is 12.0 Å². The van der Waals surface area contributed by atoms with Crippen molar-refractivity contribution in [2.24, 2.45) is 5.73 Å². The first-order valence-electron chi connectivity index (χ1n) is 7.00. The van der Waals surface area contributed by atoms with Crippen LogP contribution in [0.2, 0.25) is 0 Å². The van der Waals surface area contributed by atoms with Crippen LogP contribution in [0.5, 0.6) is 0 Å². The van der Waals surface area contributed by atoms with Crippen LogP contribution < -0.4 is 11.1 Å². The second-order valence-corrected chi connectivity index (χ2v) is 6.18. The molecule has 5 nitrogen and oxygen atoms in total. The largest absolute Gasteiger partial charge is 0.348 e. The highest BCUT2D eigenvalue weighted by Gasteiger charge is 2.13. The van der Waals surface area contributed by atoms with E-state index in [-0.39, 0.29) is 30.7 Å². The summed E-state index contributed by atoms with van der Waals surface area (Å²) in [5, 5.41) is 2.84. The van der Waals surface area contributed by atoms with E-state index in [2.05, 4.69) is 35.2 Å². The van der Waals surface area contributed by atoms with Gasteiger partial charge in [0.1, 0.15) is 5.82 Å². The van der Waals surface area contributed by atoms with Crippen LogP contribution in [-0.2, 0) is 11.3 Å². The Morgan fingerprint density at radius 1 is 1.39 bits per heavy atom. The molecule has 0 radical (unpaired) electrons. The number of fused-ring (bicyclic) bond motifs is 1. The number of hydrogen-bond acceptors (Lipinski definition) is 4. The molecular formula is C15H24Cl2N4OS. The van der Waals surface area contributed by atoms with Crippen LogP contribution in [0.1, 0.15) is 23.4 Å². The fourth-order valence-corrected chi connectivity index (χ4v) is 2.62. The maximum Gasteiger partial charge on any atom is 0.237 e. The zero-order valence-electron chi connectivity index (χ0n) is 13.5. The van der Waals surface area contributed by atoms with Crippen LogP contribution in [0.25, 0.3) is 11.0 Å². The van der Waals surface area contributed by atoms with Crippen molar-refractivity contribution < 1.29 is 4.79 Å². The Balaban J connectivity index is 0.00000242. The molecule has 0 fully saturated rings. The van der Waals surface area contributed by atoms with E-state index < -0.39 is 6.04 Å². The van der Waals surface area contributed by atoms with Crippen molar-refractivity contribution in [3.8, 4) is 0 Å². The van der Waals surface area contributed by atoms with Crippen molar-refractivity contribution in [3.63, 3.8) is 0 Å². The first kappa shape index (κ1) is 22.1. The van der Waals surface area contributed by atoms with E-state index >= 15 is 0 Å². The minimum Gasteiger partial charge on any atom is -0.348 e. The average Bonchev–Trinajstić information content (AvgIpc) is 2.90. The van der Waals surface area contributed by atoms with Gasteiger partial charge in [0.15, 0.2) is 0 Å². The molecule has 0 unspecified atom stereocenters. The molecule has 4 N–H and O–H groups in total. The van der Waals surface area contributed by atoms with Gasteiger partial charge < -0.3 is 16.0 Å². The molecule has 8 heteroatoms. The van der Waals surface area contributed by atoms with Crippen molar-refractivity contribution in [2.45, 2.75) is 32.9 Å². The number of aromatic nitrogens is 2. The van der Waals surface area contributed by atoms with E-state index in [4.69, 9.17) is 5.73 Å². The lowest BCUT2D eigenvalue weighted by Gasteiger charge is -2.10. The lowest BCUT2D eigenvalue weighted by atomic mass is 10.1. The van der Waals surface area contributed by atoms with E-state index in [1.165, 1.54) is 5.56 Å². The van der Waals surface area contributed by atoms with E-state index in [1.54, 1.807) is 11.8 Å². The van der Waals surface area contributed by atoms with Crippen molar-refractivity contribution in [1.82, 2.24) is 15.3 Å². The number of halogens is 2. The second kappa shape index (κ2) is 10.0. The van der Waals surface area contributed by atoms with Gasteiger partial charge in [0.2, 0.25) is 5.91 Å². The van der Waals surface area contributed by atoms with Gasteiger partial charge in [-0.1, -0.05) is 6.07 Å². The Labute approximate surface area is 153 Å². The molecular weight excluding hydrogens is 355 g/mol. The average molecular weight is 379 g/mol. The SMILES string of the molecule is CSCC[C@H](N)C(=O)NCc1nc2c(C)c(C)ccc2[nH]1.Cl.Cl. The predicted molar refractivity (Wildman–Crippen MR) is 103 cm³/mol. The first-order valence-corrected chi connectivity index (χ1v) is 8.39. The van der Waals surface area contributed by atoms with Crippen LogP contribution in [0.3, 0.4) is 0 Å². The standard InChI is InChI=1S/C15H22N4OS.2ClH/c1-9-4-5-12-14(10(9)2)19-13(18-12)8-17-15(20)11(16)6-7-21-3;;/h4-5,11H,6-8,16H2,1-3H3,(H,17,20)(H,18,19);2*1H/t11-;;/m0../s1. The highest BCUT2D eigenvalue weighted by Crippen LogP contribution is 2.19. The second-order valence-electron chi connectivity index (χ2n) is 5.19.